The van der Waals surface area contributed by atoms with Gasteiger partial charge in [-0.05, 0) is 31.5 Å². The number of amides is 1. The Hall–Kier alpha value is -1.51. The lowest BCUT2D eigenvalue weighted by Gasteiger charge is -2.15. The van der Waals surface area contributed by atoms with E-state index in [1.807, 2.05) is 13.8 Å². The second-order valence-electron chi connectivity index (χ2n) is 3.32. The number of nitrogens with zero attached hydrogens (tertiary/aromatic N) is 1. The van der Waals surface area contributed by atoms with Gasteiger partial charge in [-0.1, -0.05) is 6.07 Å². The molecular formula is C11H15NO2. The number of aryl methyl sites for hydroxylation is 1. The summed E-state index contributed by atoms with van der Waals surface area (Å²) in [5, 5.41) is 9.27. The average Bonchev–Trinajstić information content (AvgIpc) is 2.19. The summed E-state index contributed by atoms with van der Waals surface area (Å²) in [7, 11) is 1.74. The van der Waals surface area contributed by atoms with Gasteiger partial charge in [-0.15, -0.1) is 0 Å². The highest BCUT2D eigenvalue weighted by atomic mass is 16.3. The van der Waals surface area contributed by atoms with Crippen LogP contribution in [0.1, 0.15) is 22.8 Å². The molecule has 0 saturated heterocycles. The summed E-state index contributed by atoms with van der Waals surface area (Å²) in [6, 6.07) is 4.83. The first kappa shape index (κ1) is 10.6. The first-order valence-electron chi connectivity index (χ1n) is 4.61. The Labute approximate surface area is 84.0 Å². The first-order valence-corrected chi connectivity index (χ1v) is 4.61. The summed E-state index contributed by atoms with van der Waals surface area (Å²) in [4.78, 5) is 13.4. The molecule has 0 heterocycles. The molecule has 3 heteroatoms. The van der Waals surface area contributed by atoms with E-state index in [1.165, 1.54) is 6.07 Å². The van der Waals surface area contributed by atoms with E-state index < -0.39 is 0 Å². The second kappa shape index (κ2) is 4.13. The lowest BCUT2D eigenvalue weighted by atomic mass is 10.1. The Kier molecular flexibility index (Phi) is 3.12. The largest absolute Gasteiger partial charge is 0.508 e. The van der Waals surface area contributed by atoms with Crippen molar-refractivity contribution in [3.63, 3.8) is 0 Å². The van der Waals surface area contributed by atoms with E-state index in [1.54, 1.807) is 24.1 Å². The molecule has 0 aromatic heterocycles. The van der Waals surface area contributed by atoms with E-state index in [9.17, 15) is 9.90 Å². The topological polar surface area (TPSA) is 40.5 Å². The minimum Gasteiger partial charge on any atom is -0.508 e. The standard InChI is InChI=1S/C11H15NO2/c1-4-12(3)11(14)10-7-9(13)6-5-8(10)2/h5-7,13H,4H2,1-3H3. The number of phenolic OH excluding ortho intramolecular Hbond substituents is 1. The van der Waals surface area contributed by atoms with Gasteiger partial charge in [-0.3, -0.25) is 4.79 Å². The van der Waals surface area contributed by atoms with E-state index in [-0.39, 0.29) is 11.7 Å². The molecule has 0 spiro atoms. The number of phenols is 1. The van der Waals surface area contributed by atoms with Gasteiger partial charge in [0.15, 0.2) is 0 Å². The van der Waals surface area contributed by atoms with Gasteiger partial charge in [0.05, 0.1) is 0 Å². The Morgan fingerprint density at radius 1 is 1.50 bits per heavy atom. The van der Waals surface area contributed by atoms with E-state index in [4.69, 9.17) is 0 Å². The zero-order chi connectivity index (χ0) is 10.7. The molecule has 76 valence electrons. The molecule has 1 N–H and O–H groups in total. The van der Waals surface area contributed by atoms with Crippen molar-refractivity contribution in [2.75, 3.05) is 13.6 Å². The molecule has 1 aromatic carbocycles. The maximum atomic E-state index is 11.8. The van der Waals surface area contributed by atoms with Crippen molar-refractivity contribution >= 4 is 5.91 Å². The SMILES string of the molecule is CCN(C)C(=O)c1cc(O)ccc1C. The Morgan fingerprint density at radius 3 is 2.71 bits per heavy atom. The van der Waals surface area contributed by atoms with E-state index in [0.29, 0.717) is 12.1 Å². The number of carbonyl (C=O) groups excluding carboxylic acids is 1. The van der Waals surface area contributed by atoms with Crippen LogP contribution in [0, 0.1) is 6.92 Å². The van der Waals surface area contributed by atoms with E-state index in [2.05, 4.69) is 0 Å². The van der Waals surface area contributed by atoms with Crippen LogP contribution in [0.5, 0.6) is 5.75 Å². The van der Waals surface area contributed by atoms with Gasteiger partial charge in [-0.2, -0.15) is 0 Å². The predicted octanol–water partition coefficient (Wildman–Crippen LogP) is 1.79. The van der Waals surface area contributed by atoms with Crippen LogP contribution in [0.4, 0.5) is 0 Å². The summed E-state index contributed by atoms with van der Waals surface area (Å²) < 4.78 is 0. The highest BCUT2D eigenvalue weighted by molar-refractivity contribution is 5.95. The molecule has 1 aromatic rings. The van der Waals surface area contributed by atoms with Crippen molar-refractivity contribution in [2.24, 2.45) is 0 Å². The molecule has 1 amide bonds. The lowest BCUT2D eigenvalue weighted by molar-refractivity contribution is 0.0801. The minimum absolute atomic E-state index is 0.0547. The molecule has 0 aliphatic rings. The highest BCUT2D eigenvalue weighted by Crippen LogP contribution is 2.17. The molecule has 0 aliphatic heterocycles. The van der Waals surface area contributed by atoms with Crippen molar-refractivity contribution in [1.82, 2.24) is 4.90 Å². The van der Waals surface area contributed by atoms with Gasteiger partial charge < -0.3 is 10.0 Å². The number of benzene rings is 1. The molecule has 0 fully saturated rings. The molecule has 3 nitrogen and oxygen atoms in total. The molecule has 0 aliphatic carbocycles. The third kappa shape index (κ3) is 2.05. The monoisotopic (exact) mass is 193 g/mol. The molecule has 14 heavy (non-hydrogen) atoms. The minimum atomic E-state index is -0.0547. The number of carbonyl (C=O) groups is 1. The van der Waals surface area contributed by atoms with Crippen LogP contribution in [0.25, 0.3) is 0 Å². The van der Waals surface area contributed by atoms with Crippen LogP contribution in [0.15, 0.2) is 18.2 Å². The third-order valence-corrected chi connectivity index (χ3v) is 2.27. The Balaban J connectivity index is 3.06. The smallest absolute Gasteiger partial charge is 0.253 e. The second-order valence-corrected chi connectivity index (χ2v) is 3.32. The van der Waals surface area contributed by atoms with Gasteiger partial charge in [0, 0.05) is 19.2 Å². The van der Waals surface area contributed by atoms with E-state index >= 15 is 0 Å². The van der Waals surface area contributed by atoms with Crippen molar-refractivity contribution in [2.45, 2.75) is 13.8 Å². The van der Waals surface area contributed by atoms with Crippen molar-refractivity contribution in [3.8, 4) is 5.75 Å². The fraction of sp³-hybridized carbons (Fsp3) is 0.364. The van der Waals surface area contributed by atoms with Crippen LogP contribution in [-0.4, -0.2) is 29.5 Å². The highest BCUT2D eigenvalue weighted by Gasteiger charge is 2.12. The van der Waals surface area contributed by atoms with Crippen LogP contribution >= 0.6 is 0 Å². The molecule has 0 bridgehead atoms. The molecule has 0 saturated carbocycles. The molecule has 0 radical (unpaired) electrons. The van der Waals surface area contributed by atoms with Crippen LogP contribution < -0.4 is 0 Å². The zero-order valence-corrected chi connectivity index (χ0v) is 8.74. The molecule has 0 unspecified atom stereocenters. The summed E-state index contributed by atoms with van der Waals surface area (Å²) in [6.45, 7) is 4.43. The predicted molar refractivity (Wildman–Crippen MR) is 55.5 cm³/mol. The third-order valence-electron chi connectivity index (χ3n) is 2.27. The van der Waals surface area contributed by atoms with Crippen LogP contribution in [0.3, 0.4) is 0 Å². The normalized spacial score (nSPS) is 9.93. The van der Waals surface area contributed by atoms with Gasteiger partial charge in [0.2, 0.25) is 0 Å². The van der Waals surface area contributed by atoms with Gasteiger partial charge in [-0.25, -0.2) is 0 Å². The maximum Gasteiger partial charge on any atom is 0.253 e. The molecular weight excluding hydrogens is 178 g/mol. The lowest BCUT2D eigenvalue weighted by Crippen LogP contribution is -2.26. The summed E-state index contributed by atoms with van der Waals surface area (Å²) in [5.41, 5.74) is 1.45. The fourth-order valence-electron chi connectivity index (χ4n) is 1.19. The van der Waals surface area contributed by atoms with Crippen LogP contribution in [0.2, 0.25) is 0 Å². The van der Waals surface area contributed by atoms with E-state index in [0.717, 1.165) is 5.56 Å². The van der Waals surface area contributed by atoms with Crippen molar-refractivity contribution in [1.29, 1.82) is 0 Å². The number of aromatic hydroxyl groups is 1. The van der Waals surface area contributed by atoms with Gasteiger partial charge >= 0.3 is 0 Å². The Bertz CT molecular complexity index is 347. The zero-order valence-electron chi connectivity index (χ0n) is 8.74. The average molecular weight is 193 g/mol. The van der Waals surface area contributed by atoms with Gasteiger partial charge in [0.25, 0.3) is 5.91 Å². The van der Waals surface area contributed by atoms with Gasteiger partial charge in [0.1, 0.15) is 5.75 Å². The van der Waals surface area contributed by atoms with Crippen LogP contribution in [-0.2, 0) is 0 Å². The maximum absolute atomic E-state index is 11.8. The fourth-order valence-corrected chi connectivity index (χ4v) is 1.19. The number of hydrogen-bond donors (Lipinski definition) is 1. The quantitative estimate of drug-likeness (QED) is 0.778. The summed E-state index contributed by atoms with van der Waals surface area (Å²) in [6.07, 6.45) is 0. The molecule has 0 atom stereocenters. The number of hydrogen-bond acceptors (Lipinski definition) is 2. The number of rotatable bonds is 2. The molecule has 1 rings (SSSR count). The van der Waals surface area contributed by atoms with Crippen molar-refractivity contribution in [3.05, 3.63) is 29.3 Å². The first-order chi connectivity index (χ1) is 6.56. The summed E-state index contributed by atoms with van der Waals surface area (Å²) >= 11 is 0. The Morgan fingerprint density at radius 2 is 2.14 bits per heavy atom. The van der Waals surface area contributed by atoms with Crippen molar-refractivity contribution < 1.29 is 9.90 Å². The summed E-state index contributed by atoms with van der Waals surface area (Å²) in [5.74, 6) is 0.0735.